The van der Waals surface area contributed by atoms with Crippen LogP contribution in [0.15, 0.2) is 12.2 Å². The molecule has 2 fully saturated rings. The van der Waals surface area contributed by atoms with Crippen molar-refractivity contribution in [1.29, 1.82) is 0 Å². The summed E-state index contributed by atoms with van der Waals surface area (Å²) in [6.07, 6.45) is 6.54. The Hall–Kier alpha value is -1.24. The number of carbonyl (C=O) groups excluding carboxylic acids is 2. The van der Waals surface area contributed by atoms with Crippen LogP contribution < -0.4 is 0 Å². The van der Waals surface area contributed by atoms with Gasteiger partial charge in [0.25, 0.3) is 0 Å². The topological polar surface area (TPSA) is 64.1 Å². The minimum Gasteiger partial charge on any atom is -0.391 e. The van der Waals surface area contributed by atoms with Crippen LogP contribution in [0.3, 0.4) is 0 Å². The lowest BCUT2D eigenvalue weighted by molar-refractivity contribution is -0.157. The number of hydrogen-bond donors (Lipinski definition) is 1. The van der Waals surface area contributed by atoms with Gasteiger partial charge >= 0.3 is 0 Å². The fraction of sp³-hybridized carbons (Fsp3) is 0.765. The van der Waals surface area contributed by atoms with Crippen LogP contribution in [-0.4, -0.2) is 70.2 Å². The molecular weight excluding hydrogens is 294 g/mol. The van der Waals surface area contributed by atoms with Gasteiger partial charge in [0, 0.05) is 20.1 Å². The van der Waals surface area contributed by atoms with Gasteiger partial charge in [-0.1, -0.05) is 32.4 Å². The molecule has 0 aromatic carbocycles. The number of aliphatic hydroxyl groups excluding tert-OH is 1. The number of amides is 2. The first kappa shape index (κ1) is 16.6. The molecule has 0 spiro atoms. The van der Waals surface area contributed by atoms with Gasteiger partial charge in [0.2, 0.25) is 11.8 Å². The molecule has 128 valence electrons. The Labute approximate surface area is 137 Å². The Morgan fingerprint density at radius 3 is 2.35 bits per heavy atom. The lowest BCUT2D eigenvalue weighted by atomic mass is 9.89. The Morgan fingerprint density at radius 1 is 1.09 bits per heavy atom. The molecule has 0 radical (unpaired) electrons. The predicted molar refractivity (Wildman–Crippen MR) is 86.1 cm³/mol. The molecule has 3 aliphatic rings. The van der Waals surface area contributed by atoms with Crippen molar-refractivity contribution < 1.29 is 14.7 Å². The summed E-state index contributed by atoms with van der Waals surface area (Å²) in [6, 6.07) is -0.758. The lowest BCUT2D eigenvalue weighted by Gasteiger charge is -2.48. The number of likely N-dealkylation sites (N-methyl/N-ethyl adjacent to an activating group) is 1. The number of nitrogens with zero attached hydrogens (tertiary/aromatic N) is 3. The Kier molecular flexibility index (Phi) is 4.58. The Balaban J connectivity index is 1.97. The number of imide groups is 1. The minimum atomic E-state index is -0.567. The van der Waals surface area contributed by atoms with Crippen LogP contribution in [-0.2, 0) is 9.59 Å². The van der Waals surface area contributed by atoms with E-state index >= 15 is 0 Å². The summed E-state index contributed by atoms with van der Waals surface area (Å²) in [4.78, 5) is 26.2. The van der Waals surface area contributed by atoms with Crippen molar-refractivity contribution in [3.63, 3.8) is 0 Å². The Bertz CT molecular complexity index is 513. The number of fused-ring (bicyclic) bond motifs is 1. The third-order valence-electron chi connectivity index (χ3n) is 5.34. The molecule has 23 heavy (non-hydrogen) atoms. The molecule has 1 N–H and O–H groups in total. The monoisotopic (exact) mass is 321 g/mol. The average molecular weight is 321 g/mol. The van der Waals surface area contributed by atoms with Crippen LogP contribution in [0.2, 0.25) is 0 Å². The third-order valence-corrected chi connectivity index (χ3v) is 5.34. The van der Waals surface area contributed by atoms with E-state index < -0.39 is 18.1 Å². The van der Waals surface area contributed by atoms with Gasteiger partial charge in [-0.25, -0.2) is 10.0 Å². The summed E-state index contributed by atoms with van der Waals surface area (Å²) in [5.41, 5.74) is 0. The van der Waals surface area contributed by atoms with Crippen LogP contribution in [0.1, 0.15) is 33.1 Å². The zero-order valence-electron chi connectivity index (χ0n) is 14.2. The van der Waals surface area contributed by atoms with Gasteiger partial charge in [-0.05, 0) is 18.8 Å². The molecule has 6 nitrogen and oxygen atoms in total. The van der Waals surface area contributed by atoms with E-state index in [0.717, 1.165) is 25.9 Å². The van der Waals surface area contributed by atoms with Gasteiger partial charge in [0.05, 0.1) is 18.1 Å². The van der Waals surface area contributed by atoms with E-state index in [-0.39, 0.29) is 23.8 Å². The molecule has 0 aromatic heterocycles. The summed E-state index contributed by atoms with van der Waals surface area (Å²) >= 11 is 0. The number of likely N-dealkylation sites (tertiary alicyclic amines) is 1. The van der Waals surface area contributed by atoms with Crippen molar-refractivity contribution in [2.75, 3.05) is 20.1 Å². The maximum absolute atomic E-state index is 12.7. The number of carbonyl (C=O) groups is 2. The normalized spacial score (nSPS) is 34.3. The number of hydrogen-bond acceptors (Lipinski definition) is 5. The van der Waals surface area contributed by atoms with Crippen molar-refractivity contribution in [2.24, 2.45) is 11.8 Å². The summed E-state index contributed by atoms with van der Waals surface area (Å²) in [7, 11) is 1.55. The van der Waals surface area contributed by atoms with E-state index in [1.807, 2.05) is 31.0 Å². The van der Waals surface area contributed by atoms with Crippen molar-refractivity contribution in [2.45, 2.75) is 51.3 Å². The second kappa shape index (κ2) is 6.34. The quantitative estimate of drug-likeness (QED) is 0.610. The standard InChI is InChI=1S/C17H27N3O3/c1-11(2)15(21)13-8-7-12-14(17(23)18(3)16(12)22)20(13)19-9-5-4-6-10-19/h7-8,11-15,21H,4-6,9-10H2,1-3H3. The molecule has 0 aliphatic carbocycles. The largest absolute Gasteiger partial charge is 0.391 e. The SMILES string of the molecule is CC(C)C(O)C1C=CC2C(=O)N(C)C(=O)C2N1N1CCCCC1. The minimum absolute atomic E-state index is 0.0819. The van der Waals surface area contributed by atoms with E-state index in [4.69, 9.17) is 0 Å². The highest BCUT2D eigenvalue weighted by Crippen LogP contribution is 2.35. The van der Waals surface area contributed by atoms with Gasteiger partial charge in [-0.2, -0.15) is 0 Å². The predicted octanol–water partition coefficient (Wildman–Crippen LogP) is 0.628. The molecule has 4 atom stereocenters. The zero-order chi connectivity index (χ0) is 16.7. The first-order valence-corrected chi connectivity index (χ1v) is 8.64. The van der Waals surface area contributed by atoms with Crippen molar-refractivity contribution in [3.05, 3.63) is 12.2 Å². The van der Waals surface area contributed by atoms with E-state index in [1.165, 1.54) is 11.3 Å². The van der Waals surface area contributed by atoms with E-state index in [9.17, 15) is 14.7 Å². The number of aliphatic hydroxyl groups is 1. The molecule has 3 rings (SSSR count). The smallest absolute Gasteiger partial charge is 0.248 e. The summed E-state index contributed by atoms with van der Waals surface area (Å²) < 4.78 is 0. The lowest BCUT2D eigenvalue weighted by Crippen LogP contribution is -2.63. The van der Waals surface area contributed by atoms with E-state index in [2.05, 4.69) is 5.01 Å². The number of piperidine rings is 1. The van der Waals surface area contributed by atoms with E-state index in [0.29, 0.717) is 0 Å². The Morgan fingerprint density at radius 2 is 1.74 bits per heavy atom. The molecule has 2 saturated heterocycles. The van der Waals surface area contributed by atoms with Crippen LogP contribution in [0, 0.1) is 11.8 Å². The van der Waals surface area contributed by atoms with Crippen molar-refractivity contribution >= 4 is 11.8 Å². The second-order valence-electron chi connectivity index (χ2n) is 7.21. The number of hydrazine groups is 1. The van der Waals surface area contributed by atoms with Gasteiger partial charge in [-0.3, -0.25) is 14.5 Å². The maximum atomic E-state index is 12.7. The maximum Gasteiger partial charge on any atom is 0.248 e. The summed E-state index contributed by atoms with van der Waals surface area (Å²) in [6.45, 7) is 5.71. The van der Waals surface area contributed by atoms with Crippen molar-refractivity contribution in [1.82, 2.24) is 14.9 Å². The highest BCUT2D eigenvalue weighted by atomic mass is 16.3. The van der Waals surface area contributed by atoms with E-state index in [1.54, 1.807) is 7.05 Å². The zero-order valence-corrected chi connectivity index (χ0v) is 14.2. The first-order valence-electron chi connectivity index (χ1n) is 8.64. The third kappa shape index (κ3) is 2.73. The number of rotatable bonds is 3. The van der Waals surface area contributed by atoms with Gasteiger partial charge in [0.1, 0.15) is 6.04 Å². The molecular formula is C17H27N3O3. The summed E-state index contributed by atoms with van der Waals surface area (Å²) in [5.74, 6) is -0.643. The summed E-state index contributed by atoms with van der Waals surface area (Å²) in [5, 5.41) is 14.9. The van der Waals surface area contributed by atoms with Crippen LogP contribution in [0.25, 0.3) is 0 Å². The van der Waals surface area contributed by atoms with Crippen LogP contribution >= 0.6 is 0 Å². The molecule has 0 bridgehead atoms. The van der Waals surface area contributed by atoms with Gasteiger partial charge < -0.3 is 5.11 Å². The molecule has 3 heterocycles. The average Bonchev–Trinajstić information content (AvgIpc) is 2.78. The molecule has 4 unspecified atom stereocenters. The molecule has 2 amide bonds. The van der Waals surface area contributed by atoms with Crippen LogP contribution in [0.4, 0.5) is 0 Å². The molecule has 0 aromatic rings. The molecule has 6 heteroatoms. The van der Waals surface area contributed by atoms with Crippen LogP contribution in [0.5, 0.6) is 0 Å². The first-order chi connectivity index (χ1) is 10.9. The van der Waals surface area contributed by atoms with Gasteiger partial charge in [-0.15, -0.1) is 0 Å². The fourth-order valence-electron chi connectivity index (χ4n) is 3.93. The van der Waals surface area contributed by atoms with Gasteiger partial charge in [0.15, 0.2) is 0 Å². The highest BCUT2D eigenvalue weighted by molar-refractivity contribution is 6.07. The highest BCUT2D eigenvalue weighted by Gasteiger charge is 2.53. The fourth-order valence-corrected chi connectivity index (χ4v) is 3.93. The second-order valence-corrected chi connectivity index (χ2v) is 7.21. The molecule has 3 aliphatic heterocycles. The van der Waals surface area contributed by atoms with Crippen molar-refractivity contribution in [3.8, 4) is 0 Å². The molecule has 0 saturated carbocycles.